The van der Waals surface area contributed by atoms with E-state index in [0.717, 1.165) is 22.6 Å². The number of rotatable bonds is 3. The van der Waals surface area contributed by atoms with Crippen molar-refractivity contribution >= 4 is 5.69 Å². The zero-order valence-corrected chi connectivity index (χ0v) is 10.8. The molecule has 0 radical (unpaired) electrons. The van der Waals surface area contributed by atoms with Crippen LogP contribution >= 0.6 is 0 Å². The first kappa shape index (κ1) is 12.4. The minimum Gasteiger partial charge on any atom is -0.508 e. The lowest BCUT2D eigenvalue weighted by atomic mass is 10.1. The van der Waals surface area contributed by atoms with Gasteiger partial charge in [-0.2, -0.15) is 0 Å². The molecule has 0 fully saturated rings. The van der Waals surface area contributed by atoms with Crippen LogP contribution in [0, 0.1) is 13.8 Å². The zero-order chi connectivity index (χ0) is 13.1. The second-order valence-electron chi connectivity index (χ2n) is 4.39. The third kappa shape index (κ3) is 2.59. The molecule has 94 valence electrons. The summed E-state index contributed by atoms with van der Waals surface area (Å²) in [5.41, 5.74) is 3.56. The average molecular weight is 243 g/mol. The SMILES string of the molecule is Cc1ccc(NC(C)c2nccnc2C)cc1O. The van der Waals surface area contributed by atoms with Gasteiger partial charge in [-0.1, -0.05) is 6.07 Å². The van der Waals surface area contributed by atoms with Gasteiger partial charge in [0.15, 0.2) is 0 Å². The normalized spacial score (nSPS) is 12.2. The van der Waals surface area contributed by atoms with E-state index in [2.05, 4.69) is 15.3 Å². The number of aromatic nitrogens is 2. The van der Waals surface area contributed by atoms with Gasteiger partial charge in [-0.3, -0.25) is 9.97 Å². The summed E-state index contributed by atoms with van der Waals surface area (Å²) in [4.78, 5) is 8.55. The van der Waals surface area contributed by atoms with Gasteiger partial charge in [0.1, 0.15) is 5.75 Å². The number of anilines is 1. The molecule has 1 aromatic carbocycles. The van der Waals surface area contributed by atoms with E-state index < -0.39 is 0 Å². The van der Waals surface area contributed by atoms with Crippen LogP contribution in [0.25, 0.3) is 0 Å². The maximum atomic E-state index is 9.67. The first-order valence-electron chi connectivity index (χ1n) is 5.91. The predicted octanol–water partition coefficient (Wildman–Crippen LogP) is 2.97. The second-order valence-corrected chi connectivity index (χ2v) is 4.39. The summed E-state index contributed by atoms with van der Waals surface area (Å²) in [7, 11) is 0. The molecule has 1 aromatic heterocycles. The van der Waals surface area contributed by atoms with Crippen LogP contribution in [0.15, 0.2) is 30.6 Å². The maximum Gasteiger partial charge on any atom is 0.120 e. The van der Waals surface area contributed by atoms with Crippen molar-refractivity contribution < 1.29 is 5.11 Å². The highest BCUT2D eigenvalue weighted by Gasteiger charge is 2.10. The summed E-state index contributed by atoms with van der Waals surface area (Å²) in [5, 5.41) is 13.0. The van der Waals surface area contributed by atoms with Crippen molar-refractivity contribution in [3.63, 3.8) is 0 Å². The number of aromatic hydroxyl groups is 1. The van der Waals surface area contributed by atoms with Gasteiger partial charge in [0, 0.05) is 24.1 Å². The van der Waals surface area contributed by atoms with Crippen LogP contribution in [-0.4, -0.2) is 15.1 Å². The van der Waals surface area contributed by atoms with Crippen LogP contribution in [-0.2, 0) is 0 Å². The number of aryl methyl sites for hydroxylation is 2. The number of nitrogens with zero attached hydrogens (tertiary/aromatic N) is 2. The largest absolute Gasteiger partial charge is 0.508 e. The van der Waals surface area contributed by atoms with Crippen molar-refractivity contribution in [2.45, 2.75) is 26.8 Å². The van der Waals surface area contributed by atoms with Crippen LogP contribution in [0.1, 0.15) is 29.9 Å². The summed E-state index contributed by atoms with van der Waals surface area (Å²) in [6.45, 7) is 5.83. The Morgan fingerprint density at radius 3 is 2.56 bits per heavy atom. The minimum absolute atomic E-state index is 0.0424. The van der Waals surface area contributed by atoms with Crippen molar-refractivity contribution in [2.24, 2.45) is 0 Å². The molecular formula is C14H17N3O. The lowest BCUT2D eigenvalue weighted by molar-refractivity contribution is 0.471. The summed E-state index contributed by atoms with van der Waals surface area (Å²) >= 11 is 0. The molecule has 18 heavy (non-hydrogen) atoms. The Morgan fingerprint density at radius 2 is 1.89 bits per heavy atom. The average Bonchev–Trinajstić information content (AvgIpc) is 2.34. The van der Waals surface area contributed by atoms with E-state index in [1.165, 1.54) is 0 Å². The van der Waals surface area contributed by atoms with Crippen molar-refractivity contribution in [1.29, 1.82) is 0 Å². The molecule has 2 N–H and O–H groups in total. The van der Waals surface area contributed by atoms with Crippen LogP contribution in [0.2, 0.25) is 0 Å². The number of hydrogen-bond acceptors (Lipinski definition) is 4. The molecule has 2 rings (SSSR count). The van der Waals surface area contributed by atoms with Gasteiger partial charge in [0.2, 0.25) is 0 Å². The highest BCUT2D eigenvalue weighted by Crippen LogP contribution is 2.24. The Kier molecular flexibility index (Phi) is 3.46. The van der Waals surface area contributed by atoms with Crippen molar-refractivity contribution in [2.75, 3.05) is 5.32 Å². The van der Waals surface area contributed by atoms with Crippen LogP contribution in [0.4, 0.5) is 5.69 Å². The van der Waals surface area contributed by atoms with E-state index in [4.69, 9.17) is 0 Å². The lowest BCUT2D eigenvalue weighted by Crippen LogP contribution is -2.10. The van der Waals surface area contributed by atoms with E-state index in [9.17, 15) is 5.11 Å². The number of phenolic OH excluding ortho intramolecular Hbond substituents is 1. The van der Waals surface area contributed by atoms with Crippen molar-refractivity contribution in [3.8, 4) is 5.75 Å². The van der Waals surface area contributed by atoms with E-state index in [1.54, 1.807) is 18.5 Å². The van der Waals surface area contributed by atoms with Gasteiger partial charge < -0.3 is 10.4 Å². The number of phenols is 1. The minimum atomic E-state index is 0.0424. The van der Waals surface area contributed by atoms with Gasteiger partial charge in [-0.25, -0.2) is 0 Å². The molecule has 0 bridgehead atoms. The van der Waals surface area contributed by atoms with Gasteiger partial charge in [0.25, 0.3) is 0 Å². The molecule has 0 aliphatic carbocycles. The van der Waals surface area contributed by atoms with Gasteiger partial charge in [0.05, 0.1) is 17.4 Å². The molecule has 0 saturated carbocycles. The Morgan fingerprint density at radius 1 is 1.17 bits per heavy atom. The molecule has 0 aliphatic heterocycles. The molecule has 2 aromatic rings. The third-order valence-electron chi connectivity index (χ3n) is 2.92. The Bertz CT molecular complexity index is 554. The predicted molar refractivity (Wildman–Crippen MR) is 71.7 cm³/mol. The van der Waals surface area contributed by atoms with Gasteiger partial charge in [-0.15, -0.1) is 0 Å². The number of benzene rings is 1. The fourth-order valence-corrected chi connectivity index (χ4v) is 1.86. The van der Waals surface area contributed by atoms with E-state index >= 15 is 0 Å². The zero-order valence-electron chi connectivity index (χ0n) is 10.8. The summed E-state index contributed by atoms with van der Waals surface area (Å²) in [6.07, 6.45) is 3.37. The number of nitrogens with one attached hydrogen (secondary N) is 1. The standard InChI is InChI=1S/C14H17N3O/c1-9-4-5-12(8-13(9)18)17-11(3)14-10(2)15-6-7-16-14/h4-8,11,17-18H,1-3H3. The first-order valence-corrected chi connectivity index (χ1v) is 5.91. The smallest absolute Gasteiger partial charge is 0.120 e. The molecule has 1 atom stereocenters. The van der Waals surface area contributed by atoms with Gasteiger partial charge >= 0.3 is 0 Å². The Hall–Kier alpha value is -2.10. The molecule has 4 nitrogen and oxygen atoms in total. The molecular weight excluding hydrogens is 226 g/mol. The molecule has 0 amide bonds. The topological polar surface area (TPSA) is 58.0 Å². The molecule has 0 saturated heterocycles. The molecule has 0 aliphatic rings. The fourth-order valence-electron chi connectivity index (χ4n) is 1.86. The highest BCUT2D eigenvalue weighted by atomic mass is 16.3. The third-order valence-corrected chi connectivity index (χ3v) is 2.92. The van der Waals surface area contributed by atoms with E-state index in [1.807, 2.05) is 32.9 Å². The van der Waals surface area contributed by atoms with E-state index in [0.29, 0.717) is 5.75 Å². The lowest BCUT2D eigenvalue weighted by Gasteiger charge is -2.16. The molecule has 0 spiro atoms. The quantitative estimate of drug-likeness (QED) is 0.870. The van der Waals surface area contributed by atoms with Crippen LogP contribution < -0.4 is 5.32 Å². The maximum absolute atomic E-state index is 9.67. The van der Waals surface area contributed by atoms with Crippen LogP contribution in [0.5, 0.6) is 5.75 Å². The monoisotopic (exact) mass is 243 g/mol. The molecule has 4 heteroatoms. The Balaban J connectivity index is 2.19. The number of hydrogen-bond donors (Lipinski definition) is 2. The molecule has 1 heterocycles. The summed E-state index contributed by atoms with van der Waals surface area (Å²) in [6, 6.07) is 5.59. The first-order chi connectivity index (χ1) is 8.58. The highest BCUT2D eigenvalue weighted by molar-refractivity contribution is 5.52. The summed E-state index contributed by atoms with van der Waals surface area (Å²) < 4.78 is 0. The van der Waals surface area contributed by atoms with Crippen molar-refractivity contribution in [3.05, 3.63) is 47.5 Å². The van der Waals surface area contributed by atoms with Crippen molar-refractivity contribution in [1.82, 2.24) is 9.97 Å². The van der Waals surface area contributed by atoms with Gasteiger partial charge in [-0.05, 0) is 32.4 Å². The second kappa shape index (κ2) is 5.04. The fraction of sp³-hybridized carbons (Fsp3) is 0.286. The molecule has 1 unspecified atom stereocenters. The van der Waals surface area contributed by atoms with E-state index in [-0.39, 0.29) is 6.04 Å². The Labute approximate surface area is 107 Å². The van der Waals surface area contributed by atoms with Crippen LogP contribution in [0.3, 0.4) is 0 Å². The summed E-state index contributed by atoms with van der Waals surface area (Å²) in [5.74, 6) is 0.295.